The van der Waals surface area contributed by atoms with Crippen LogP contribution in [0.3, 0.4) is 0 Å². The van der Waals surface area contributed by atoms with Crippen LogP contribution in [0, 0.1) is 0 Å². The van der Waals surface area contributed by atoms with E-state index in [1.807, 2.05) is 0 Å². The Bertz CT molecular complexity index is 577. The number of esters is 1. The largest absolute Gasteiger partial charge is 0.457 e. The van der Waals surface area contributed by atoms with Gasteiger partial charge in [0.05, 0.1) is 10.6 Å². The highest BCUT2D eigenvalue weighted by atomic mass is 35.5. The van der Waals surface area contributed by atoms with Gasteiger partial charge in [-0.1, -0.05) is 18.2 Å². The summed E-state index contributed by atoms with van der Waals surface area (Å²) in [6.07, 6.45) is -4.50. The van der Waals surface area contributed by atoms with Crippen LogP contribution in [-0.2, 0) is 15.7 Å². The van der Waals surface area contributed by atoms with Gasteiger partial charge in [-0.2, -0.15) is 13.2 Å². The molecule has 0 amide bonds. The number of halogens is 4. The second kappa shape index (κ2) is 6.60. The summed E-state index contributed by atoms with van der Waals surface area (Å²) in [7, 11) is 0. The molecule has 0 aliphatic heterocycles. The fraction of sp³-hybridized carbons (Fsp3) is 0.400. The first-order valence-electron chi connectivity index (χ1n) is 6.42. The molecule has 0 fully saturated rings. The van der Waals surface area contributed by atoms with Crippen LogP contribution in [0.4, 0.5) is 18.9 Å². The van der Waals surface area contributed by atoms with E-state index in [2.05, 4.69) is 11.9 Å². The standard InChI is InChI=1S/C15H17ClF3NO2/c1-9(13(21)22-14(2,3)4)8-20-10-5-6-11(12(16)7-10)15(17,18)19/h5-7,20H,1,8H2,2-4H3. The summed E-state index contributed by atoms with van der Waals surface area (Å²) in [4.78, 5) is 11.7. The number of anilines is 1. The van der Waals surface area contributed by atoms with Gasteiger partial charge in [-0.3, -0.25) is 0 Å². The van der Waals surface area contributed by atoms with Crippen molar-refractivity contribution in [2.24, 2.45) is 0 Å². The van der Waals surface area contributed by atoms with E-state index in [9.17, 15) is 18.0 Å². The molecule has 0 aliphatic rings. The summed E-state index contributed by atoms with van der Waals surface area (Å²) in [5.74, 6) is -0.571. The van der Waals surface area contributed by atoms with Gasteiger partial charge in [0.2, 0.25) is 0 Å². The molecule has 3 nitrogen and oxygen atoms in total. The van der Waals surface area contributed by atoms with Crippen molar-refractivity contribution in [1.82, 2.24) is 0 Å². The molecule has 1 aromatic carbocycles. The minimum Gasteiger partial charge on any atom is -0.457 e. The highest BCUT2D eigenvalue weighted by Crippen LogP contribution is 2.35. The van der Waals surface area contributed by atoms with E-state index in [0.29, 0.717) is 5.69 Å². The number of carbonyl (C=O) groups excluding carboxylic acids is 1. The molecule has 122 valence electrons. The van der Waals surface area contributed by atoms with Crippen molar-refractivity contribution in [2.75, 3.05) is 11.9 Å². The first-order valence-corrected chi connectivity index (χ1v) is 6.79. The van der Waals surface area contributed by atoms with E-state index >= 15 is 0 Å². The van der Waals surface area contributed by atoms with Crippen LogP contribution in [0.2, 0.25) is 5.02 Å². The number of hydrogen-bond donors (Lipinski definition) is 1. The molecular weight excluding hydrogens is 319 g/mol. The van der Waals surface area contributed by atoms with Gasteiger partial charge < -0.3 is 10.1 Å². The molecule has 0 bridgehead atoms. The van der Waals surface area contributed by atoms with E-state index in [-0.39, 0.29) is 12.1 Å². The van der Waals surface area contributed by atoms with Gasteiger partial charge in [-0.05, 0) is 39.0 Å². The van der Waals surface area contributed by atoms with Crippen molar-refractivity contribution in [3.8, 4) is 0 Å². The minimum absolute atomic E-state index is 0.0383. The fourth-order valence-electron chi connectivity index (χ4n) is 1.49. The Balaban J connectivity index is 2.68. The molecule has 1 aromatic rings. The SMILES string of the molecule is C=C(CNc1ccc(C(F)(F)F)c(Cl)c1)C(=O)OC(C)(C)C. The van der Waals surface area contributed by atoms with Crippen LogP contribution in [0.5, 0.6) is 0 Å². The lowest BCUT2D eigenvalue weighted by molar-refractivity contribution is -0.149. The zero-order valence-electron chi connectivity index (χ0n) is 12.5. The third kappa shape index (κ3) is 5.60. The van der Waals surface area contributed by atoms with E-state index in [4.69, 9.17) is 16.3 Å². The Hall–Kier alpha value is -1.69. The van der Waals surface area contributed by atoms with E-state index in [0.717, 1.165) is 12.1 Å². The maximum Gasteiger partial charge on any atom is 0.417 e. The maximum absolute atomic E-state index is 12.6. The average molecular weight is 336 g/mol. The van der Waals surface area contributed by atoms with Gasteiger partial charge in [-0.15, -0.1) is 0 Å². The van der Waals surface area contributed by atoms with Gasteiger partial charge in [0.1, 0.15) is 5.60 Å². The number of alkyl halides is 3. The van der Waals surface area contributed by atoms with E-state index in [1.54, 1.807) is 20.8 Å². The highest BCUT2D eigenvalue weighted by molar-refractivity contribution is 6.31. The molecule has 1 N–H and O–H groups in total. The smallest absolute Gasteiger partial charge is 0.417 e. The molecule has 0 spiro atoms. The van der Waals surface area contributed by atoms with Crippen LogP contribution in [0.25, 0.3) is 0 Å². The summed E-state index contributed by atoms with van der Waals surface area (Å²) < 4.78 is 42.9. The molecule has 0 heterocycles. The summed E-state index contributed by atoms with van der Waals surface area (Å²) in [5.41, 5.74) is -1.04. The molecular formula is C15H17ClF3NO2. The van der Waals surface area contributed by atoms with E-state index in [1.165, 1.54) is 6.07 Å². The zero-order valence-corrected chi connectivity index (χ0v) is 13.2. The van der Waals surface area contributed by atoms with Gasteiger partial charge in [0, 0.05) is 17.8 Å². The first kappa shape index (κ1) is 18.4. The molecule has 0 aliphatic carbocycles. The third-order valence-corrected chi connectivity index (χ3v) is 2.78. The number of ether oxygens (including phenoxy) is 1. The summed E-state index contributed by atoms with van der Waals surface area (Å²) in [6, 6.07) is 3.25. The van der Waals surface area contributed by atoms with Crippen molar-refractivity contribution in [3.63, 3.8) is 0 Å². The number of carbonyl (C=O) groups is 1. The van der Waals surface area contributed by atoms with Crippen molar-refractivity contribution in [3.05, 3.63) is 40.9 Å². The molecule has 0 saturated carbocycles. The molecule has 1 rings (SSSR count). The monoisotopic (exact) mass is 335 g/mol. The molecule has 0 radical (unpaired) electrons. The molecule has 0 atom stereocenters. The summed E-state index contributed by atoms with van der Waals surface area (Å²) in [5, 5.41) is 2.36. The summed E-state index contributed by atoms with van der Waals surface area (Å²) in [6.45, 7) is 8.79. The molecule has 7 heteroatoms. The minimum atomic E-state index is -4.50. The third-order valence-electron chi connectivity index (χ3n) is 2.47. The van der Waals surface area contributed by atoms with Crippen LogP contribution in [-0.4, -0.2) is 18.1 Å². The van der Waals surface area contributed by atoms with Crippen molar-refractivity contribution < 1.29 is 22.7 Å². The van der Waals surface area contributed by atoms with Crippen LogP contribution in [0.15, 0.2) is 30.4 Å². The molecule has 0 saturated heterocycles. The van der Waals surface area contributed by atoms with Crippen molar-refractivity contribution in [2.45, 2.75) is 32.5 Å². The van der Waals surface area contributed by atoms with Crippen molar-refractivity contribution in [1.29, 1.82) is 0 Å². The number of hydrogen-bond acceptors (Lipinski definition) is 3. The van der Waals surface area contributed by atoms with Gasteiger partial charge >= 0.3 is 12.1 Å². The van der Waals surface area contributed by atoms with Crippen molar-refractivity contribution >= 4 is 23.3 Å². The average Bonchev–Trinajstić information content (AvgIpc) is 2.32. The number of benzene rings is 1. The van der Waals surface area contributed by atoms with Gasteiger partial charge in [0.15, 0.2) is 0 Å². The van der Waals surface area contributed by atoms with Crippen LogP contribution < -0.4 is 5.32 Å². The summed E-state index contributed by atoms with van der Waals surface area (Å²) >= 11 is 5.60. The maximum atomic E-state index is 12.6. The Labute approximate surface area is 132 Å². The molecule has 0 unspecified atom stereocenters. The Morgan fingerprint density at radius 1 is 1.32 bits per heavy atom. The lowest BCUT2D eigenvalue weighted by atomic mass is 10.2. The first-order chi connectivity index (χ1) is 9.90. The Kier molecular flexibility index (Phi) is 5.51. The zero-order chi connectivity index (χ0) is 17.1. The Morgan fingerprint density at radius 3 is 2.36 bits per heavy atom. The van der Waals surface area contributed by atoms with Gasteiger partial charge in [-0.25, -0.2) is 4.79 Å². The number of rotatable bonds is 4. The van der Waals surface area contributed by atoms with E-state index < -0.39 is 28.3 Å². The van der Waals surface area contributed by atoms with Gasteiger partial charge in [0.25, 0.3) is 0 Å². The normalized spacial score (nSPS) is 12.0. The lowest BCUT2D eigenvalue weighted by Crippen LogP contribution is -2.26. The second-order valence-electron chi connectivity index (χ2n) is 5.65. The van der Waals surface area contributed by atoms with Crippen LogP contribution >= 0.6 is 11.6 Å². The lowest BCUT2D eigenvalue weighted by Gasteiger charge is -2.20. The molecule has 22 heavy (non-hydrogen) atoms. The quantitative estimate of drug-likeness (QED) is 0.642. The predicted molar refractivity (Wildman–Crippen MR) is 79.9 cm³/mol. The fourth-order valence-corrected chi connectivity index (χ4v) is 1.77. The van der Waals surface area contributed by atoms with Crippen LogP contribution in [0.1, 0.15) is 26.3 Å². The predicted octanol–water partition coefficient (Wildman–Crippen LogP) is 4.67. The topological polar surface area (TPSA) is 38.3 Å². The Morgan fingerprint density at radius 2 is 1.91 bits per heavy atom. The number of nitrogens with one attached hydrogen (secondary N) is 1. The molecule has 0 aromatic heterocycles. The second-order valence-corrected chi connectivity index (χ2v) is 6.06. The highest BCUT2D eigenvalue weighted by Gasteiger charge is 2.33.